The molecule has 1 aromatic heterocycles. The number of rotatable bonds is 4. The standard InChI is InChI=1S/C9H7BrF3N3O2/c10-7(14)4-2-15-6(8(17)18)1-5(4)16-3-9(11,12)13/h1-2,14H,3H2,(H,15,16)(H,17,18). The number of carboxylic acid groups (broad SMARTS) is 1. The predicted octanol–water partition coefficient (Wildman–Crippen LogP) is 2.47. The molecule has 0 amide bonds. The molecule has 1 heterocycles. The maximum atomic E-state index is 12.1. The number of nitrogens with zero attached hydrogens (tertiary/aromatic N) is 1. The number of halogens is 4. The quantitative estimate of drug-likeness (QED) is 0.742. The van der Waals surface area contributed by atoms with Gasteiger partial charge < -0.3 is 10.4 Å². The van der Waals surface area contributed by atoms with E-state index in [4.69, 9.17) is 10.5 Å². The second kappa shape index (κ2) is 5.34. The van der Waals surface area contributed by atoms with Crippen LogP contribution in [-0.4, -0.2) is 33.4 Å². The Morgan fingerprint density at radius 3 is 2.61 bits per heavy atom. The lowest BCUT2D eigenvalue weighted by Crippen LogP contribution is -2.22. The highest BCUT2D eigenvalue weighted by atomic mass is 79.9. The molecule has 0 unspecified atom stereocenters. The molecule has 0 spiro atoms. The molecule has 0 aliphatic rings. The first-order valence-electron chi connectivity index (χ1n) is 4.49. The summed E-state index contributed by atoms with van der Waals surface area (Å²) in [5.74, 6) is -1.36. The number of pyridine rings is 1. The Hall–Kier alpha value is -1.64. The van der Waals surface area contributed by atoms with Gasteiger partial charge in [-0.15, -0.1) is 0 Å². The van der Waals surface area contributed by atoms with E-state index in [2.05, 4.69) is 20.9 Å². The molecule has 0 bridgehead atoms. The van der Waals surface area contributed by atoms with Gasteiger partial charge >= 0.3 is 12.1 Å². The minimum atomic E-state index is -4.45. The van der Waals surface area contributed by atoms with Gasteiger partial charge in [-0.25, -0.2) is 9.78 Å². The van der Waals surface area contributed by atoms with Crippen LogP contribution in [0.5, 0.6) is 0 Å². The van der Waals surface area contributed by atoms with Gasteiger partial charge in [-0.1, -0.05) is 0 Å². The summed E-state index contributed by atoms with van der Waals surface area (Å²) in [6, 6.07) is 0.944. The third kappa shape index (κ3) is 3.99. The van der Waals surface area contributed by atoms with E-state index in [1.54, 1.807) is 0 Å². The zero-order valence-electron chi connectivity index (χ0n) is 8.68. The molecule has 9 heteroatoms. The number of carboxylic acids is 1. The minimum absolute atomic E-state index is 0.0456. The highest BCUT2D eigenvalue weighted by molar-refractivity contribution is 9.18. The van der Waals surface area contributed by atoms with Crippen molar-refractivity contribution in [3.63, 3.8) is 0 Å². The molecule has 0 fully saturated rings. The van der Waals surface area contributed by atoms with Crippen molar-refractivity contribution in [1.29, 1.82) is 5.41 Å². The fourth-order valence-corrected chi connectivity index (χ4v) is 1.40. The van der Waals surface area contributed by atoms with Gasteiger partial charge in [-0.3, -0.25) is 5.41 Å². The van der Waals surface area contributed by atoms with Crippen molar-refractivity contribution >= 4 is 32.2 Å². The van der Waals surface area contributed by atoms with Gasteiger partial charge in [-0.2, -0.15) is 13.2 Å². The van der Waals surface area contributed by atoms with E-state index in [9.17, 15) is 18.0 Å². The first kappa shape index (κ1) is 14.4. The van der Waals surface area contributed by atoms with E-state index in [1.165, 1.54) is 0 Å². The first-order valence-corrected chi connectivity index (χ1v) is 5.28. The van der Waals surface area contributed by atoms with Crippen LogP contribution in [0.4, 0.5) is 18.9 Å². The van der Waals surface area contributed by atoms with Crippen LogP contribution >= 0.6 is 15.9 Å². The summed E-state index contributed by atoms with van der Waals surface area (Å²) >= 11 is 2.79. The molecule has 0 aromatic carbocycles. The van der Waals surface area contributed by atoms with Crippen LogP contribution in [0.15, 0.2) is 12.3 Å². The van der Waals surface area contributed by atoms with Gasteiger partial charge in [0.1, 0.15) is 16.9 Å². The summed E-state index contributed by atoms with van der Waals surface area (Å²) in [6.45, 7) is -1.33. The normalized spacial score (nSPS) is 11.1. The molecule has 0 aliphatic heterocycles. The van der Waals surface area contributed by atoms with E-state index in [0.29, 0.717) is 0 Å². The number of hydrogen-bond donors (Lipinski definition) is 3. The average molecular weight is 326 g/mol. The number of aromatic nitrogens is 1. The zero-order chi connectivity index (χ0) is 13.9. The molecular weight excluding hydrogens is 319 g/mol. The van der Waals surface area contributed by atoms with Crippen molar-refractivity contribution in [3.8, 4) is 0 Å². The number of aromatic carboxylic acids is 1. The summed E-state index contributed by atoms with van der Waals surface area (Å²) in [4.78, 5) is 14.2. The van der Waals surface area contributed by atoms with Gasteiger partial charge in [0.2, 0.25) is 0 Å². The average Bonchev–Trinajstić information content (AvgIpc) is 2.24. The fraction of sp³-hybridized carbons (Fsp3) is 0.222. The second-order valence-corrected chi connectivity index (χ2v) is 4.00. The number of alkyl halides is 3. The van der Waals surface area contributed by atoms with Gasteiger partial charge in [0.15, 0.2) is 0 Å². The molecule has 0 radical (unpaired) electrons. The van der Waals surface area contributed by atoms with Crippen molar-refractivity contribution in [3.05, 3.63) is 23.5 Å². The van der Waals surface area contributed by atoms with E-state index in [1.807, 2.05) is 5.32 Å². The maximum absolute atomic E-state index is 12.1. The fourth-order valence-electron chi connectivity index (χ4n) is 1.09. The van der Waals surface area contributed by atoms with Gasteiger partial charge in [-0.05, 0) is 22.0 Å². The van der Waals surface area contributed by atoms with Crippen molar-refractivity contribution in [2.24, 2.45) is 0 Å². The lowest BCUT2D eigenvalue weighted by Gasteiger charge is -2.12. The van der Waals surface area contributed by atoms with Crippen LogP contribution in [0.1, 0.15) is 16.1 Å². The number of hydrogen-bond acceptors (Lipinski definition) is 4. The number of anilines is 1. The summed E-state index contributed by atoms with van der Waals surface area (Å²) < 4.78 is 36.0. The number of carbonyl (C=O) groups is 1. The summed E-state index contributed by atoms with van der Waals surface area (Å²) in [6.07, 6.45) is -3.43. The number of nitrogens with one attached hydrogen (secondary N) is 2. The lowest BCUT2D eigenvalue weighted by atomic mass is 10.2. The topological polar surface area (TPSA) is 86.1 Å². The monoisotopic (exact) mass is 325 g/mol. The smallest absolute Gasteiger partial charge is 0.405 e. The van der Waals surface area contributed by atoms with Gasteiger partial charge in [0.05, 0.1) is 0 Å². The predicted molar refractivity (Wildman–Crippen MR) is 61.5 cm³/mol. The Morgan fingerprint density at radius 2 is 2.17 bits per heavy atom. The lowest BCUT2D eigenvalue weighted by molar-refractivity contribution is -0.115. The highest BCUT2D eigenvalue weighted by Gasteiger charge is 2.27. The SMILES string of the molecule is N=C(Br)c1cnc(C(=O)O)cc1NCC(F)(F)F. The summed E-state index contributed by atoms with van der Waals surface area (Å²) in [7, 11) is 0. The highest BCUT2D eigenvalue weighted by Crippen LogP contribution is 2.22. The molecule has 5 nitrogen and oxygen atoms in total. The molecular formula is C9H7BrF3N3O2. The maximum Gasteiger partial charge on any atom is 0.405 e. The van der Waals surface area contributed by atoms with Crippen LogP contribution in [0.3, 0.4) is 0 Å². The summed E-state index contributed by atoms with van der Waals surface area (Å²) in [5.41, 5.74) is -0.483. The summed E-state index contributed by atoms with van der Waals surface area (Å²) in [5, 5.41) is 18.0. The van der Waals surface area contributed by atoms with E-state index in [-0.39, 0.29) is 15.9 Å². The van der Waals surface area contributed by atoms with E-state index >= 15 is 0 Å². The van der Waals surface area contributed by atoms with E-state index in [0.717, 1.165) is 12.3 Å². The van der Waals surface area contributed by atoms with Crippen LogP contribution in [-0.2, 0) is 0 Å². The Kier molecular flexibility index (Phi) is 4.28. The zero-order valence-corrected chi connectivity index (χ0v) is 10.3. The van der Waals surface area contributed by atoms with Crippen molar-refractivity contribution < 1.29 is 23.1 Å². The van der Waals surface area contributed by atoms with Crippen LogP contribution in [0.25, 0.3) is 0 Å². The molecule has 98 valence electrons. The first-order chi connectivity index (χ1) is 8.20. The molecule has 1 aromatic rings. The minimum Gasteiger partial charge on any atom is -0.477 e. The van der Waals surface area contributed by atoms with Crippen molar-refractivity contribution in [1.82, 2.24) is 4.98 Å². The van der Waals surface area contributed by atoms with Crippen LogP contribution in [0, 0.1) is 5.41 Å². The van der Waals surface area contributed by atoms with Gasteiger partial charge in [0, 0.05) is 17.4 Å². The molecule has 0 saturated heterocycles. The Morgan fingerprint density at radius 1 is 1.56 bits per heavy atom. The molecule has 0 atom stereocenters. The van der Waals surface area contributed by atoms with Crippen molar-refractivity contribution in [2.75, 3.05) is 11.9 Å². The van der Waals surface area contributed by atoms with E-state index < -0.39 is 24.4 Å². The third-order valence-electron chi connectivity index (χ3n) is 1.84. The molecule has 18 heavy (non-hydrogen) atoms. The van der Waals surface area contributed by atoms with Crippen LogP contribution < -0.4 is 5.32 Å². The Balaban J connectivity index is 3.08. The molecule has 1 rings (SSSR count). The van der Waals surface area contributed by atoms with Gasteiger partial charge in [0.25, 0.3) is 0 Å². The van der Waals surface area contributed by atoms with Crippen LogP contribution in [0.2, 0.25) is 0 Å². The van der Waals surface area contributed by atoms with Crippen molar-refractivity contribution in [2.45, 2.75) is 6.18 Å². The molecule has 0 aliphatic carbocycles. The molecule has 0 saturated carbocycles. The Bertz CT molecular complexity index is 490. The largest absolute Gasteiger partial charge is 0.477 e. The Labute approximate surface area is 108 Å². The molecule has 3 N–H and O–H groups in total. The third-order valence-corrected chi connectivity index (χ3v) is 2.27. The second-order valence-electron chi connectivity index (χ2n) is 3.20.